The molecule has 0 aliphatic rings. The van der Waals surface area contributed by atoms with E-state index in [1.54, 1.807) is 12.1 Å². The van der Waals surface area contributed by atoms with Gasteiger partial charge in [-0.05, 0) is 71.1 Å². The van der Waals surface area contributed by atoms with Gasteiger partial charge in [0.25, 0.3) is 17.7 Å². The number of carbonyl (C=O) groups is 2. The molecular formula is C25H31N3O5S. The van der Waals surface area contributed by atoms with Crippen molar-refractivity contribution in [3.63, 3.8) is 0 Å². The molecule has 0 aliphatic heterocycles. The monoisotopic (exact) mass is 485 g/mol. The lowest BCUT2D eigenvalue weighted by atomic mass is 10.0. The highest BCUT2D eigenvalue weighted by Gasteiger charge is 2.31. The Morgan fingerprint density at radius 1 is 1.12 bits per heavy atom. The molecule has 2 N–H and O–H groups in total. The van der Waals surface area contributed by atoms with Crippen molar-refractivity contribution < 1.29 is 24.0 Å². The number of benzene rings is 2. The molecule has 182 valence electrons. The Bertz CT molecular complexity index is 1120. The van der Waals surface area contributed by atoms with E-state index in [0.29, 0.717) is 24.5 Å². The van der Waals surface area contributed by atoms with E-state index in [0.717, 1.165) is 11.6 Å². The largest absolute Gasteiger partial charge is 0.491 e. The molecule has 2 amide bonds. The average Bonchev–Trinajstić information content (AvgIpc) is 3.24. The number of nitrogens with zero attached hydrogens (tertiary/aromatic N) is 2. The first kappa shape index (κ1) is 25.3. The van der Waals surface area contributed by atoms with Gasteiger partial charge in [-0.3, -0.25) is 9.59 Å². The third-order valence-corrected chi connectivity index (χ3v) is 6.95. The van der Waals surface area contributed by atoms with Crippen molar-refractivity contribution in [1.29, 1.82) is 0 Å². The fourth-order valence-electron chi connectivity index (χ4n) is 3.38. The molecule has 1 aromatic heterocycles. The molecule has 1 heterocycles. The lowest BCUT2D eigenvalue weighted by Crippen LogP contribution is -2.38. The van der Waals surface area contributed by atoms with Crippen LogP contribution in [0.15, 0.2) is 64.0 Å². The van der Waals surface area contributed by atoms with Crippen LogP contribution in [0.25, 0.3) is 0 Å². The van der Waals surface area contributed by atoms with Crippen molar-refractivity contribution >= 4 is 27.5 Å². The highest BCUT2D eigenvalue weighted by atomic mass is 32.3. The number of hydrogen-bond acceptors (Lipinski definition) is 6. The van der Waals surface area contributed by atoms with Crippen LogP contribution in [-0.4, -0.2) is 59.4 Å². The molecule has 1 atom stereocenters. The molecule has 0 spiro atoms. The minimum Gasteiger partial charge on any atom is -0.491 e. The lowest BCUT2D eigenvalue weighted by molar-refractivity contribution is -0.120. The number of carbonyl (C=O) groups excluding carboxylic acids is 2. The van der Waals surface area contributed by atoms with E-state index in [1.807, 2.05) is 43.3 Å². The predicted octanol–water partition coefficient (Wildman–Crippen LogP) is 4.42. The Morgan fingerprint density at radius 3 is 2.29 bits per heavy atom. The SMILES string of the molecule is CCOCc1ccc(C(C(=O)Nc2ccc(S(C)(C)C)cc2)N(C)C(=O)c2cc(O)no2)cc1. The van der Waals surface area contributed by atoms with E-state index in [1.165, 1.54) is 16.8 Å². The fourth-order valence-corrected chi connectivity index (χ4v) is 4.33. The van der Waals surface area contributed by atoms with Crippen LogP contribution in [0, 0.1) is 0 Å². The summed E-state index contributed by atoms with van der Waals surface area (Å²) in [5, 5.41) is 15.7. The van der Waals surface area contributed by atoms with Crippen LogP contribution in [0.2, 0.25) is 0 Å². The zero-order chi connectivity index (χ0) is 24.9. The summed E-state index contributed by atoms with van der Waals surface area (Å²) in [5.41, 5.74) is 2.21. The van der Waals surface area contributed by atoms with Crippen LogP contribution in [0.1, 0.15) is 34.6 Å². The Hall–Kier alpha value is -3.30. The van der Waals surface area contributed by atoms with Crippen LogP contribution in [-0.2, 0) is 16.1 Å². The van der Waals surface area contributed by atoms with Gasteiger partial charge in [-0.2, -0.15) is 0 Å². The van der Waals surface area contributed by atoms with Gasteiger partial charge in [0.2, 0.25) is 5.76 Å². The zero-order valence-corrected chi connectivity index (χ0v) is 20.9. The van der Waals surface area contributed by atoms with Crippen molar-refractivity contribution in [3.05, 3.63) is 71.5 Å². The first-order chi connectivity index (χ1) is 16.1. The number of aromatic hydroxyl groups is 1. The normalized spacial score (nSPS) is 12.7. The Kier molecular flexibility index (Phi) is 8.01. The van der Waals surface area contributed by atoms with Crippen molar-refractivity contribution in [2.75, 3.05) is 37.7 Å². The van der Waals surface area contributed by atoms with Crippen LogP contribution >= 0.6 is 10.0 Å². The van der Waals surface area contributed by atoms with Crippen molar-refractivity contribution in [3.8, 4) is 5.88 Å². The first-order valence-corrected chi connectivity index (χ1v) is 13.6. The van der Waals surface area contributed by atoms with E-state index >= 15 is 0 Å². The summed E-state index contributed by atoms with van der Waals surface area (Å²) in [6, 6.07) is 15.2. The van der Waals surface area contributed by atoms with E-state index < -0.39 is 27.9 Å². The van der Waals surface area contributed by atoms with E-state index in [4.69, 9.17) is 9.26 Å². The van der Waals surface area contributed by atoms with Crippen LogP contribution < -0.4 is 5.32 Å². The second kappa shape index (κ2) is 10.8. The highest BCUT2D eigenvalue weighted by molar-refractivity contribution is 8.32. The number of amides is 2. The van der Waals surface area contributed by atoms with Gasteiger partial charge >= 0.3 is 0 Å². The highest BCUT2D eigenvalue weighted by Crippen LogP contribution is 2.45. The number of ether oxygens (including phenoxy) is 1. The Labute approximate surface area is 201 Å². The molecule has 3 aromatic rings. The van der Waals surface area contributed by atoms with Crippen molar-refractivity contribution in [2.24, 2.45) is 0 Å². The minimum absolute atomic E-state index is 0.164. The molecular weight excluding hydrogens is 454 g/mol. The van der Waals surface area contributed by atoms with Gasteiger partial charge < -0.3 is 24.6 Å². The number of rotatable bonds is 9. The summed E-state index contributed by atoms with van der Waals surface area (Å²) in [7, 11) is 0.622. The van der Waals surface area contributed by atoms with Crippen LogP contribution in [0.5, 0.6) is 5.88 Å². The van der Waals surface area contributed by atoms with Crippen molar-refractivity contribution in [1.82, 2.24) is 10.1 Å². The standard InChI is InChI=1S/C25H31N3O5S/c1-6-32-16-17-7-9-18(10-8-17)23(28(2)25(31)21-15-22(29)27-33-21)24(30)26-19-11-13-20(14-12-19)34(3,4)5/h7-15,23H,6,16H2,1-5H3,(H,26,30)(H,27,29). The molecule has 0 saturated carbocycles. The zero-order valence-electron chi connectivity index (χ0n) is 20.1. The summed E-state index contributed by atoms with van der Waals surface area (Å²) < 4.78 is 10.3. The summed E-state index contributed by atoms with van der Waals surface area (Å²) in [6.07, 6.45) is 6.61. The molecule has 34 heavy (non-hydrogen) atoms. The Balaban J connectivity index is 1.88. The summed E-state index contributed by atoms with van der Waals surface area (Å²) in [4.78, 5) is 28.9. The number of anilines is 1. The first-order valence-electron chi connectivity index (χ1n) is 10.8. The molecule has 0 aliphatic carbocycles. The molecule has 1 unspecified atom stereocenters. The molecule has 2 aromatic carbocycles. The van der Waals surface area contributed by atoms with Gasteiger partial charge in [-0.25, -0.2) is 10.0 Å². The maximum Gasteiger partial charge on any atom is 0.293 e. The molecule has 3 rings (SSSR count). The van der Waals surface area contributed by atoms with E-state index in [-0.39, 0.29) is 11.7 Å². The minimum atomic E-state index is -0.950. The van der Waals surface area contributed by atoms with Gasteiger partial charge in [-0.1, -0.05) is 24.3 Å². The van der Waals surface area contributed by atoms with Gasteiger partial charge in [0.05, 0.1) is 12.7 Å². The quantitative estimate of drug-likeness (QED) is 0.465. The number of hydrogen-bond donors (Lipinski definition) is 2. The van der Waals surface area contributed by atoms with E-state index in [9.17, 15) is 14.7 Å². The van der Waals surface area contributed by atoms with Gasteiger partial charge in [0.15, 0.2) is 0 Å². The molecule has 0 bridgehead atoms. The number of aromatic nitrogens is 1. The van der Waals surface area contributed by atoms with Crippen LogP contribution in [0.4, 0.5) is 5.69 Å². The fraction of sp³-hybridized carbons (Fsp3) is 0.320. The topological polar surface area (TPSA) is 105 Å². The van der Waals surface area contributed by atoms with E-state index in [2.05, 4.69) is 29.2 Å². The smallest absolute Gasteiger partial charge is 0.293 e. The maximum atomic E-state index is 13.4. The van der Waals surface area contributed by atoms with Gasteiger partial charge in [-0.15, -0.1) is 0 Å². The molecule has 0 radical (unpaired) electrons. The lowest BCUT2D eigenvalue weighted by Gasteiger charge is -2.28. The third kappa shape index (κ3) is 6.18. The molecule has 0 saturated heterocycles. The second-order valence-corrected chi connectivity index (χ2v) is 12.7. The van der Waals surface area contributed by atoms with Gasteiger partial charge in [0, 0.05) is 19.3 Å². The number of likely N-dealkylation sites (N-methyl/N-ethyl adjacent to an activating group) is 1. The van der Waals surface area contributed by atoms with Crippen molar-refractivity contribution in [2.45, 2.75) is 24.5 Å². The molecule has 9 heteroatoms. The average molecular weight is 486 g/mol. The maximum absolute atomic E-state index is 13.4. The summed E-state index contributed by atoms with van der Waals surface area (Å²) >= 11 is 0. The Morgan fingerprint density at radius 2 is 1.76 bits per heavy atom. The molecule has 8 nitrogen and oxygen atoms in total. The molecule has 0 fully saturated rings. The third-order valence-electron chi connectivity index (χ3n) is 5.26. The summed E-state index contributed by atoms with van der Waals surface area (Å²) in [5.74, 6) is -1.53. The summed E-state index contributed by atoms with van der Waals surface area (Å²) in [6.45, 7) is 2.98. The second-order valence-electron chi connectivity index (χ2n) is 8.60. The van der Waals surface area contributed by atoms with Gasteiger partial charge in [0.1, 0.15) is 6.04 Å². The van der Waals surface area contributed by atoms with Crippen LogP contribution in [0.3, 0.4) is 0 Å². The predicted molar refractivity (Wildman–Crippen MR) is 133 cm³/mol. The number of nitrogens with one attached hydrogen (secondary N) is 1.